The summed E-state index contributed by atoms with van der Waals surface area (Å²) in [4.78, 5) is 32.1. The van der Waals surface area contributed by atoms with E-state index < -0.39 is 22.3 Å². The van der Waals surface area contributed by atoms with E-state index in [9.17, 15) is 9.59 Å². The summed E-state index contributed by atoms with van der Waals surface area (Å²) in [6.07, 6.45) is 5.35. The number of aliphatic carboxylic acids is 1. The van der Waals surface area contributed by atoms with Crippen molar-refractivity contribution >= 4 is 11.9 Å². The quantitative estimate of drug-likeness (QED) is 0.856. The Morgan fingerprint density at radius 1 is 1.29 bits per heavy atom. The van der Waals surface area contributed by atoms with E-state index in [-0.39, 0.29) is 5.91 Å². The van der Waals surface area contributed by atoms with Crippen molar-refractivity contribution in [1.82, 2.24) is 15.3 Å². The molecule has 0 radical (unpaired) electrons. The topological polar surface area (TPSA) is 92.2 Å². The van der Waals surface area contributed by atoms with Gasteiger partial charge in [0.05, 0.1) is 16.4 Å². The van der Waals surface area contributed by atoms with Gasteiger partial charge >= 0.3 is 5.97 Å². The second-order valence-corrected chi connectivity index (χ2v) is 6.61. The minimum absolute atomic E-state index is 0.0672. The van der Waals surface area contributed by atoms with Gasteiger partial charge in [0.25, 0.3) is 0 Å². The fourth-order valence-corrected chi connectivity index (χ4v) is 3.53. The van der Waals surface area contributed by atoms with Crippen LogP contribution < -0.4 is 5.32 Å². The molecule has 1 atom stereocenters. The zero-order chi connectivity index (χ0) is 15.3. The Balaban J connectivity index is 1.72. The molecule has 1 amide bonds. The Labute approximate surface area is 123 Å². The molecule has 112 valence electrons. The maximum atomic E-state index is 12.5. The van der Waals surface area contributed by atoms with Crippen molar-refractivity contribution in [3.8, 4) is 0 Å². The predicted molar refractivity (Wildman–Crippen MR) is 74.2 cm³/mol. The summed E-state index contributed by atoms with van der Waals surface area (Å²) in [6, 6.07) is 1.74. The summed E-state index contributed by atoms with van der Waals surface area (Å²) in [7, 11) is 0. The summed E-state index contributed by atoms with van der Waals surface area (Å²) < 4.78 is 0. The summed E-state index contributed by atoms with van der Waals surface area (Å²) >= 11 is 0. The van der Waals surface area contributed by atoms with Crippen molar-refractivity contribution in [3.63, 3.8) is 0 Å². The number of hydrogen-bond acceptors (Lipinski definition) is 4. The van der Waals surface area contributed by atoms with Crippen LogP contribution in [0, 0.1) is 10.8 Å². The number of carboxylic acids is 1. The van der Waals surface area contributed by atoms with E-state index in [1.165, 1.54) is 0 Å². The molecule has 4 rings (SSSR count). The number of hydrogen-bond donors (Lipinski definition) is 2. The minimum atomic E-state index is -0.776. The fourth-order valence-electron chi connectivity index (χ4n) is 3.53. The maximum Gasteiger partial charge on any atom is 0.309 e. The van der Waals surface area contributed by atoms with Crippen molar-refractivity contribution < 1.29 is 14.7 Å². The lowest BCUT2D eigenvalue weighted by Crippen LogP contribution is -2.71. The highest BCUT2D eigenvalue weighted by Crippen LogP contribution is 2.73. The molecule has 21 heavy (non-hydrogen) atoms. The molecule has 6 heteroatoms. The van der Waals surface area contributed by atoms with E-state index in [2.05, 4.69) is 15.3 Å². The number of rotatable bonds is 5. The third-order valence-corrected chi connectivity index (χ3v) is 5.12. The van der Waals surface area contributed by atoms with E-state index >= 15 is 0 Å². The Bertz CT molecular complexity index is 582. The van der Waals surface area contributed by atoms with E-state index in [4.69, 9.17) is 5.11 Å². The van der Waals surface area contributed by atoms with Gasteiger partial charge in [0.2, 0.25) is 5.91 Å². The van der Waals surface area contributed by atoms with Crippen LogP contribution >= 0.6 is 0 Å². The molecule has 6 nitrogen and oxygen atoms in total. The lowest BCUT2D eigenvalue weighted by Gasteiger charge is -2.66. The summed E-state index contributed by atoms with van der Waals surface area (Å²) in [6.45, 7) is 3.87. The average molecular weight is 289 g/mol. The number of carbonyl (C=O) groups is 2. The Kier molecular flexibility index (Phi) is 2.83. The van der Waals surface area contributed by atoms with E-state index in [0.29, 0.717) is 31.5 Å². The molecular weight excluding hydrogens is 270 g/mol. The third-order valence-electron chi connectivity index (χ3n) is 5.12. The SMILES string of the molecule is CCC(C)(NC(=O)C12CC(C(=O)O)(C1)C2)c1ncccn1. The first-order chi connectivity index (χ1) is 9.86. The monoisotopic (exact) mass is 289 g/mol. The molecule has 0 spiro atoms. The van der Waals surface area contributed by atoms with Crippen LogP contribution in [0.2, 0.25) is 0 Å². The average Bonchev–Trinajstić information content (AvgIpc) is 2.36. The number of nitrogens with one attached hydrogen (secondary N) is 1. The standard InChI is InChI=1S/C15H19N3O3/c1-3-13(2,10-16-5-4-6-17-10)18-11(19)14-7-15(8-14,9-14)12(20)21/h4-6H,3,7-9H2,1-2H3,(H,18,19)(H,20,21). The summed E-state index contributed by atoms with van der Waals surface area (Å²) in [5, 5.41) is 12.2. The largest absolute Gasteiger partial charge is 0.481 e. The molecule has 0 saturated heterocycles. The molecule has 1 unspecified atom stereocenters. The van der Waals surface area contributed by atoms with Gasteiger partial charge in [-0.1, -0.05) is 6.92 Å². The summed E-state index contributed by atoms with van der Waals surface area (Å²) in [5.41, 5.74) is -1.74. The zero-order valence-corrected chi connectivity index (χ0v) is 12.2. The second-order valence-electron chi connectivity index (χ2n) is 6.61. The van der Waals surface area contributed by atoms with Gasteiger partial charge in [-0.15, -0.1) is 0 Å². The van der Waals surface area contributed by atoms with Crippen molar-refractivity contribution in [2.24, 2.45) is 10.8 Å². The molecule has 2 N–H and O–H groups in total. The number of carboxylic acid groups (broad SMARTS) is 1. The highest BCUT2D eigenvalue weighted by Gasteiger charge is 2.75. The van der Waals surface area contributed by atoms with Gasteiger partial charge in [-0.05, 0) is 38.7 Å². The van der Waals surface area contributed by atoms with Gasteiger partial charge in [0.15, 0.2) is 5.82 Å². The normalized spacial score (nSPS) is 32.3. The fraction of sp³-hybridized carbons (Fsp3) is 0.600. The van der Waals surface area contributed by atoms with Crippen LogP contribution in [-0.2, 0) is 15.1 Å². The first kappa shape index (κ1) is 14.0. The lowest BCUT2D eigenvalue weighted by molar-refractivity contribution is -0.221. The van der Waals surface area contributed by atoms with Gasteiger partial charge in [-0.3, -0.25) is 9.59 Å². The van der Waals surface area contributed by atoms with Crippen molar-refractivity contribution in [2.75, 3.05) is 0 Å². The van der Waals surface area contributed by atoms with Crippen molar-refractivity contribution in [2.45, 2.75) is 45.1 Å². The number of nitrogens with zero attached hydrogens (tertiary/aromatic N) is 2. The van der Waals surface area contributed by atoms with Gasteiger partial charge in [-0.25, -0.2) is 9.97 Å². The molecule has 0 aromatic carbocycles. The number of carbonyl (C=O) groups excluding carboxylic acids is 1. The summed E-state index contributed by atoms with van der Waals surface area (Å²) in [5.74, 6) is -0.260. The maximum absolute atomic E-state index is 12.5. The minimum Gasteiger partial charge on any atom is -0.481 e. The van der Waals surface area contributed by atoms with Gasteiger partial charge in [0, 0.05) is 12.4 Å². The van der Waals surface area contributed by atoms with Crippen molar-refractivity contribution in [3.05, 3.63) is 24.3 Å². The van der Waals surface area contributed by atoms with Gasteiger partial charge < -0.3 is 10.4 Å². The molecule has 3 aliphatic rings. The molecule has 3 saturated carbocycles. The highest BCUT2D eigenvalue weighted by atomic mass is 16.4. The molecule has 1 heterocycles. The smallest absolute Gasteiger partial charge is 0.309 e. The first-order valence-corrected chi connectivity index (χ1v) is 7.19. The molecular formula is C15H19N3O3. The Morgan fingerprint density at radius 2 is 1.86 bits per heavy atom. The third kappa shape index (κ3) is 1.85. The second kappa shape index (κ2) is 4.26. The number of amides is 1. The van der Waals surface area contributed by atoms with Crippen molar-refractivity contribution in [1.29, 1.82) is 0 Å². The Hall–Kier alpha value is -1.98. The van der Waals surface area contributed by atoms with Crippen LogP contribution in [0.4, 0.5) is 0 Å². The molecule has 1 aromatic heterocycles. The van der Waals surface area contributed by atoms with Crippen LogP contribution in [0.3, 0.4) is 0 Å². The van der Waals surface area contributed by atoms with Crippen LogP contribution in [-0.4, -0.2) is 27.0 Å². The first-order valence-electron chi connectivity index (χ1n) is 7.19. The lowest BCUT2D eigenvalue weighted by atomic mass is 9.35. The molecule has 2 bridgehead atoms. The molecule has 1 aromatic rings. The predicted octanol–water partition coefficient (Wildman–Crippen LogP) is 1.47. The molecule has 3 aliphatic carbocycles. The molecule has 0 aliphatic heterocycles. The van der Waals surface area contributed by atoms with Crippen LogP contribution in [0.5, 0.6) is 0 Å². The van der Waals surface area contributed by atoms with Gasteiger partial charge in [0.1, 0.15) is 0 Å². The van der Waals surface area contributed by atoms with E-state index in [1.54, 1.807) is 18.5 Å². The zero-order valence-electron chi connectivity index (χ0n) is 12.2. The molecule has 3 fully saturated rings. The van der Waals surface area contributed by atoms with E-state index in [0.717, 1.165) is 0 Å². The van der Waals surface area contributed by atoms with Crippen LogP contribution in [0.25, 0.3) is 0 Å². The van der Waals surface area contributed by atoms with Crippen LogP contribution in [0.15, 0.2) is 18.5 Å². The van der Waals surface area contributed by atoms with E-state index in [1.807, 2.05) is 13.8 Å². The highest BCUT2D eigenvalue weighted by molar-refractivity contribution is 5.93. The van der Waals surface area contributed by atoms with Gasteiger partial charge in [-0.2, -0.15) is 0 Å². The Morgan fingerprint density at radius 3 is 2.33 bits per heavy atom. The van der Waals surface area contributed by atoms with Crippen LogP contribution in [0.1, 0.15) is 45.4 Å². The number of aromatic nitrogens is 2.